The topological polar surface area (TPSA) is 69.6 Å². The van der Waals surface area contributed by atoms with Gasteiger partial charge in [-0.1, -0.05) is 23.8 Å². The van der Waals surface area contributed by atoms with Crippen LogP contribution in [0.15, 0.2) is 18.2 Å². The van der Waals surface area contributed by atoms with Crippen LogP contribution in [-0.4, -0.2) is 28.8 Å². The molecule has 1 aromatic carbocycles. The van der Waals surface area contributed by atoms with Gasteiger partial charge in [-0.15, -0.1) is 0 Å². The van der Waals surface area contributed by atoms with Gasteiger partial charge in [0.25, 0.3) is 0 Å². The molecule has 18 heavy (non-hydrogen) atoms. The van der Waals surface area contributed by atoms with Crippen LogP contribution in [0.2, 0.25) is 0 Å². The zero-order valence-electron chi connectivity index (χ0n) is 10.9. The predicted molar refractivity (Wildman–Crippen MR) is 70.5 cm³/mol. The zero-order chi connectivity index (χ0) is 13.5. The Balaban J connectivity index is 2.32. The normalized spacial score (nSPS) is 12.4. The number of nitrogens with one attached hydrogen (secondary N) is 1. The Kier molecular flexibility index (Phi) is 5.82. The smallest absolute Gasteiger partial charge is 0.303 e. The minimum absolute atomic E-state index is 0.00627. The molecule has 0 aliphatic heterocycles. The number of aliphatic hydroxyl groups excluding tert-OH is 1. The van der Waals surface area contributed by atoms with Gasteiger partial charge in [-0.3, -0.25) is 4.79 Å². The summed E-state index contributed by atoms with van der Waals surface area (Å²) in [5.41, 5.74) is 3.64. The van der Waals surface area contributed by atoms with E-state index in [1.807, 2.05) is 6.92 Å². The second-order valence-corrected chi connectivity index (χ2v) is 4.65. The number of carboxylic acids is 1. The first-order valence-electron chi connectivity index (χ1n) is 6.15. The van der Waals surface area contributed by atoms with Crippen LogP contribution in [0.25, 0.3) is 0 Å². The molecule has 0 fully saturated rings. The number of hydrogen-bond acceptors (Lipinski definition) is 3. The largest absolute Gasteiger partial charge is 0.481 e. The van der Waals surface area contributed by atoms with Crippen molar-refractivity contribution in [1.82, 2.24) is 5.32 Å². The molecule has 1 aromatic rings. The molecule has 0 saturated carbocycles. The second kappa shape index (κ2) is 7.13. The molecule has 4 nitrogen and oxygen atoms in total. The van der Waals surface area contributed by atoms with Crippen molar-refractivity contribution in [3.05, 3.63) is 34.9 Å². The molecule has 0 aliphatic rings. The van der Waals surface area contributed by atoms with Crippen molar-refractivity contribution in [2.24, 2.45) is 0 Å². The van der Waals surface area contributed by atoms with Gasteiger partial charge in [-0.05, 0) is 31.4 Å². The highest BCUT2D eigenvalue weighted by Gasteiger charge is 2.07. The monoisotopic (exact) mass is 251 g/mol. The van der Waals surface area contributed by atoms with Gasteiger partial charge in [0, 0.05) is 19.5 Å². The van der Waals surface area contributed by atoms with E-state index in [9.17, 15) is 9.90 Å². The average molecular weight is 251 g/mol. The summed E-state index contributed by atoms with van der Waals surface area (Å²) in [6.45, 7) is 5.21. The average Bonchev–Trinajstić information content (AvgIpc) is 2.31. The lowest BCUT2D eigenvalue weighted by Crippen LogP contribution is -2.27. The number of hydrogen-bond donors (Lipinski definition) is 3. The van der Waals surface area contributed by atoms with Crippen molar-refractivity contribution < 1.29 is 15.0 Å². The zero-order valence-corrected chi connectivity index (χ0v) is 10.9. The highest BCUT2D eigenvalue weighted by Crippen LogP contribution is 2.10. The summed E-state index contributed by atoms with van der Waals surface area (Å²) in [6.07, 6.45) is -0.312. The van der Waals surface area contributed by atoms with Crippen LogP contribution in [0.5, 0.6) is 0 Å². The van der Waals surface area contributed by atoms with E-state index in [1.54, 1.807) is 0 Å². The maximum Gasteiger partial charge on any atom is 0.303 e. The van der Waals surface area contributed by atoms with Crippen LogP contribution in [0.3, 0.4) is 0 Å². The van der Waals surface area contributed by atoms with E-state index < -0.39 is 12.1 Å². The molecule has 0 saturated heterocycles. The molecule has 0 heterocycles. The molecule has 3 N–H and O–H groups in total. The number of aliphatic hydroxyl groups is 1. The summed E-state index contributed by atoms with van der Waals surface area (Å²) >= 11 is 0. The van der Waals surface area contributed by atoms with E-state index in [0.717, 1.165) is 0 Å². The van der Waals surface area contributed by atoms with Crippen LogP contribution in [-0.2, 0) is 11.3 Å². The number of rotatable bonds is 7. The Hall–Kier alpha value is -1.39. The molecule has 0 spiro atoms. The van der Waals surface area contributed by atoms with Gasteiger partial charge in [-0.2, -0.15) is 0 Å². The molecule has 1 atom stereocenters. The summed E-state index contributed by atoms with van der Waals surface area (Å²) < 4.78 is 0. The molecule has 0 aromatic heterocycles. The highest BCUT2D eigenvalue weighted by molar-refractivity contribution is 5.66. The number of aryl methyl sites for hydroxylation is 2. The summed E-state index contributed by atoms with van der Waals surface area (Å²) in [5, 5.41) is 21.2. The fourth-order valence-electron chi connectivity index (χ4n) is 1.76. The number of carboxylic acid groups (broad SMARTS) is 1. The quantitative estimate of drug-likeness (QED) is 0.688. The first kappa shape index (κ1) is 14.7. The van der Waals surface area contributed by atoms with Crippen molar-refractivity contribution in [2.45, 2.75) is 39.3 Å². The summed E-state index contributed by atoms with van der Waals surface area (Å²) in [7, 11) is 0. The molecular formula is C14H21NO3. The summed E-state index contributed by atoms with van der Waals surface area (Å²) in [6, 6.07) is 6.26. The Labute approximate surface area is 108 Å². The first-order valence-corrected chi connectivity index (χ1v) is 6.15. The van der Waals surface area contributed by atoms with E-state index in [1.165, 1.54) is 16.7 Å². The Morgan fingerprint density at radius 2 is 2.11 bits per heavy atom. The van der Waals surface area contributed by atoms with Crippen molar-refractivity contribution >= 4 is 5.97 Å². The SMILES string of the molecule is Cc1ccc(C)c(CNCC(O)CCC(=O)O)c1. The molecule has 100 valence electrons. The molecule has 0 radical (unpaired) electrons. The van der Waals surface area contributed by atoms with E-state index >= 15 is 0 Å². The Bertz CT molecular complexity index is 404. The van der Waals surface area contributed by atoms with E-state index in [0.29, 0.717) is 13.1 Å². The molecule has 0 aliphatic carbocycles. The molecular weight excluding hydrogens is 230 g/mol. The minimum Gasteiger partial charge on any atom is -0.481 e. The molecule has 0 bridgehead atoms. The lowest BCUT2D eigenvalue weighted by molar-refractivity contribution is -0.137. The van der Waals surface area contributed by atoms with Gasteiger partial charge in [-0.25, -0.2) is 0 Å². The van der Waals surface area contributed by atoms with Gasteiger partial charge in [0.15, 0.2) is 0 Å². The van der Waals surface area contributed by atoms with Crippen LogP contribution >= 0.6 is 0 Å². The molecule has 1 unspecified atom stereocenters. The molecule has 4 heteroatoms. The number of benzene rings is 1. The summed E-state index contributed by atoms with van der Waals surface area (Å²) in [4.78, 5) is 10.3. The van der Waals surface area contributed by atoms with Gasteiger partial charge in [0.05, 0.1) is 6.10 Å². The lowest BCUT2D eigenvalue weighted by atomic mass is 10.1. The number of aliphatic carboxylic acids is 1. The fourth-order valence-corrected chi connectivity index (χ4v) is 1.76. The van der Waals surface area contributed by atoms with Crippen LogP contribution in [0.1, 0.15) is 29.5 Å². The van der Waals surface area contributed by atoms with Crippen LogP contribution < -0.4 is 5.32 Å². The third-order valence-electron chi connectivity index (χ3n) is 2.89. The summed E-state index contributed by atoms with van der Waals surface area (Å²) in [5.74, 6) is -0.872. The maximum atomic E-state index is 10.3. The third-order valence-corrected chi connectivity index (χ3v) is 2.89. The van der Waals surface area contributed by atoms with Crippen LogP contribution in [0, 0.1) is 13.8 Å². The minimum atomic E-state index is -0.872. The van der Waals surface area contributed by atoms with Crippen molar-refractivity contribution in [1.29, 1.82) is 0 Å². The van der Waals surface area contributed by atoms with Gasteiger partial charge in [0.2, 0.25) is 0 Å². The van der Waals surface area contributed by atoms with Gasteiger partial charge >= 0.3 is 5.97 Å². The van der Waals surface area contributed by atoms with Gasteiger partial charge in [0.1, 0.15) is 0 Å². The fraction of sp³-hybridized carbons (Fsp3) is 0.500. The Morgan fingerprint density at radius 3 is 2.78 bits per heavy atom. The van der Waals surface area contributed by atoms with Crippen molar-refractivity contribution in [2.75, 3.05) is 6.54 Å². The van der Waals surface area contributed by atoms with E-state index in [2.05, 4.69) is 30.4 Å². The second-order valence-electron chi connectivity index (χ2n) is 4.65. The third kappa shape index (κ3) is 5.29. The first-order chi connectivity index (χ1) is 8.49. The highest BCUT2D eigenvalue weighted by atomic mass is 16.4. The van der Waals surface area contributed by atoms with Crippen molar-refractivity contribution in [3.8, 4) is 0 Å². The van der Waals surface area contributed by atoms with E-state index in [4.69, 9.17) is 5.11 Å². The molecule has 1 rings (SSSR count). The Morgan fingerprint density at radius 1 is 1.39 bits per heavy atom. The standard InChI is InChI=1S/C14H21NO3/c1-10-3-4-11(2)12(7-10)8-15-9-13(16)5-6-14(17)18/h3-4,7,13,15-16H,5-6,8-9H2,1-2H3,(H,17,18). The van der Waals surface area contributed by atoms with E-state index in [-0.39, 0.29) is 12.8 Å². The van der Waals surface area contributed by atoms with Crippen LogP contribution in [0.4, 0.5) is 0 Å². The van der Waals surface area contributed by atoms with Gasteiger partial charge < -0.3 is 15.5 Å². The number of carbonyl (C=O) groups is 1. The van der Waals surface area contributed by atoms with Crippen molar-refractivity contribution in [3.63, 3.8) is 0 Å². The molecule has 0 amide bonds. The predicted octanol–water partition coefficient (Wildman–Crippen LogP) is 1.62. The maximum absolute atomic E-state index is 10.3. The lowest BCUT2D eigenvalue weighted by Gasteiger charge is -2.12.